The van der Waals surface area contributed by atoms with E-state index in [0.29, 0.717) is 8.58 Å². The molecule has 2 heteroatoms. The molecule has 3 aromatic rings. The largest absolute Gasteiger partial charge is 0.457 e. The number of fused-ring (bicyclic) bond motifs is 2. The predicted octanol–water partition coefficient (Wildman–Crippen LogP) is 4.75. The van der Waals surface area contributed by atoms with E-state index in [1.807, 2.05) is 6.07 Å². The summed E-state index contributed by atoms with van der Waals surface area (Å²) in [6.07, 6.45) is 0. The second-order valence-corrected chi connectivity index (χ2v) is 7.76. The van der Waals surface area contributed by atoms with Gasteiger partial charge in [0.05, 0.1) is 0 Å². The molecule has 3 aromatic carbocycles. The summed E-state index contributed by atoms with van der Waals surface area (Å²) in [4.78, 5) is 0. The lowest BCUT2D eigenvalue weighted by Crippen LogP contribution is -2.30. The molecule has 0 N–H and O–H groups in total. The molecule has 1 atom stereocenters. The highest BCUT2D eigenvalue weighted by molar-refractivity contribution is 7.55. The molecule has 0 saturated heterocycles. The minimum atomic E-state index is -0.0530. The Labute approximate surface area is 139 Å². The number of hydrogen-bond acceptors (Lipinski definition) is 1. The van der Waals surface area contributed by atoms with Crippen LogP contribution in [-0.2, 0) is 5.41 Å². The molecule has 0 bridgehead atoms. The molecule has 1 aliphatic rings. The van der Waals surface area contributed by atoms with Crippen molar-refractivity contribution >= 4 is 19.2 Å². The van der Waals surface area contributed by atoms with Crippen molar-refractivity contribution in [2.45, 2.75) is 19.3 Å². The SMILES string of the molecule is CC1(C)c2ccccc2Oc2cccc(Pc3ccccc3)c21. The first-order valence-electron chi connectivity index (χ1n) is 7.89. The van der Waals surface area contributed by atoms with Crippen molar-refractivity contribution in [3.05, 3.63) is 83.9 Å². The summed E-state index contributed by atoms with van der Waals surface area (Å²) in [6.45, 7) is 4.60. The maximum Gasteiger partial charge on any atom is 0.132 e. The van der Waals surface area contributed by atoms with Crippen molar-refractivity contribution < 1.29 is 4.74 Å². The summed E-state index contributed by atoms with van der Waals surface area (Å²) in [7, 11) is 0.640. The molecular weight excluding hydrogens is 299 g/mol. The molecule has 0 aliphatic carbocycles. The molecule has 1 unspecified atom stereocenters. The monoisotopic (exact) mass is 318 g/mol. The van der Waals surface area contributed by atoms with Gasteiger partial charge in [0.2, 0.25) is 0 Å². The Morgan fingerprint density at radius 1 is 0.739 bits per heavy atom. The van der Waals surface area contributed by atoms with Crippen LogP contribution in [0.5, 0.6) is 11.5 Å². The standard InChI is InChI=1S/C21H19OP/c1-21(2)16-11-6-7-12-17(16)22-18-13-8-14-19(20(18)21)23-15-9-4-3-5-10-15/h3-14,23H,1-2H3. The Bertz CT molecular complexity index is 853. The first kappa shape index (κ1) is 14.5. The summed E-state index contributed by atoms with van der Waals surface area (Å²) >= 11 is 0. The third-order valence-corrected chi connectivity index (χ3v) is 5.79. The first-order chi connectivity index (χ1) is 11.2. The Balaban J connectivity index is 1.85. The molecule has 4 rings (SSSR count). The van der Waals surface area contributed by atoms with Crippen LogP contribution in [0.2, 0.25) is 0 Å². The molecular formula is C21H19OP. The van der Waals surface area contributed by atoms with E-state index in [0.717, 1.165) is 11.5 Å². The van der Waals surface area contributed by atoms with Crippen LogP contribution in [0.3, 0.4) is 0 Å². The van der Waals surface area contributed by atoms with Gasteiger partial charge in [0, 0.05) is 16.5 Å². The minimum absolute atomic E-state index is 0.0530. The van der Waals surface area contributed by atoms with Crippen molar-refractivity contribution in [1.82, 2.24) is 0 Å². The van der Waals surface area contributed by atoms with Crippen LogP contribution in [0.1, 0.15) is 25.0 Å². The van der Waals surface area contributed by atoms with E-state index in [2.05, 4.69) is 80.6 Å². The third-order valence-electron chi connectivity index (χ3n) is 4.48. The molecule has 114 valence electrons. The van der Waals surface area contributed by atoms with Crippen molar-refractivity contribution in [1.29, 1.82) is 0 Å². The number of ether oxygens (including phenoxy) is 1. The highest BCUT2D eigenvalue weighted by atomic mass is 31.1. The van der Waals surface area contributed by atoms with E-state index in [9.17, 15) is 0 Å². The summed E-state index contributed by atoms with van der Waals surface area (Å²) in [6, 6.07) is 25.5. The van der Waals surface area contributed by atoms with Crippen molar-refractivity contribution in [2.24, 2.45) is 0 Å². The number of para-hydroxylation sites is 1. The molecule has 0 amide bonds. The third kappa shape index (κ3) is 2.46. The van der Waals surface area contributed by atoms with Gasteiger partial charge in [-0.3, -0.25) is 0 Å². The van der Waals surface area contributed by atoms with Crippen LogP contribution in [0.15, 0.2) is 72.8 Å². The average molecular weight is 318 g/mol. The molecule has 1 heterocycles. The summed E-state index contributed by atoms with van der Waals surface area (Å²) in [5.74, 6) is 1.97. The Morgan fingerprint density at radius 2 is 1.43 bits per heavy atom. The van der Waals surface area contributed by atoms with E-state index < -0.39 is 0 Å². The topological polar surface area (TPSA) is 9.23 Å². The highest BCUT2D eigenvalue weighted by Crippen LogP contribution is 2.47. The number of rotatable bonds is 2. The van der Waals surface area contributed by atoms with Crippen LogP contribution < -0.4 is 15.3 Å². The van der Waals surface area contributed by atoms with E-state index in [1.165, 1.54) is 21.7 Å². The lowest BCUT2D eigenvalue weighted by molar-refractivity contribution is 0.420. The van der Waals surface area contributed by atoms with Crippen LogP contribution >= 0.6 is 8.58 Å². The lowest BCUT2D eigenvalue weighted by Gasteiger charge is -2.36. The second-order valence-electron chi connectivity index (χ2n) is 6.39. The van der Waals surface area contributed by atoms with Gasteiger partial charge >= 0.3 is 0 Å². The molecule has 0 saturated carbocycles. The zero-order valence-electron chi connectivity index (χ0n) is 13.3. The highest BCUT2D eigenvalue weighted by Gasteiger charge is 2.35. The molecule has 1 aliphatic heterocycles. The quantitative estimate of drug-likeness (QED) is 0.620. The molecule has 0 fully saturated rings. The fourth-order valence-electron chi connectivity index (χ4n) is 3.37. The summed E-state index contributed by atoms with van der Waals surface area (Å²) in [5.41, 5.74) is 2.53. The molecule has 0 spiro atoms. The smallest absolute Gasteiger partial charge is 0.132 e. The Morgan fingerprint density at radius 3 is 2.26 bits per heavy atom. The predicted molar refractivity (Wildman–Crippen MR) is 99.1 cm³/mol. The van der Waals surface area contributed by atoms with E-state index in [1.54, 1.807) is 0 Å². The Hall–Kier alpha value is -2.11. The van der Waals surface area contributed by atoms with Gasteiger partial charge in [0.25, 0.3) is 0 Å². The second kappa shape index (κ2) is 5.51. The van der Waals surface area contributed by atoms with E-state index in [4.69, 9.17) is 4.74 Å². The van der Waals surface area contributed by atoms with Gasteiger partial charge in [0.15, 0.2) is 0 Å². The fourth-order valence-corrected chi connectivity index (χ4v) is 4.78. The minimum Gasteiger partial charge on any atom is -0.457 e. The number of hydrogen-bond donors (Lipinski definition) is 0. The van der Waals surface area contributed by atoms with Gasteiger partial charge in [-0.15, -0.1) is 0 Å². The molecule has 1 nitrogen and oxygen atoms in total. The first-order valence-corrected chi connectivity index (χ1v) is 8.89. The summed E-state index contributed by atoms with van der Waals surface area (Å²) < 4.78 is 6.20. The normalized spacial score (nSPS) is 15.0. The van der Waals surface area contributed by atoms with Crippen LogP contribution in [0, 0.1) is 0 Å². The van der Waals surface area contributed by atoms with Crippen LogP contribution in [-0.4, -0.2) is 0 Å². The van der Waals surface area contributed by atoms with Crippen molar-refractivity contribution in [2.75, 3.05) is 0 Å². The van der Waals surface area contributed by atoms with E-state index in [-0.39, 0.29) is 5.41 Å². The van der Waals surface area contributed by atoms with Gasteiger partial charge in [-0.05, 0) is 22.7 Å². The fraction of sp³-hybridized carbons (Fsp3) is 0.143. The van der Waals surface area contributed by atoms with E-state index >= 15 is 0 Å². The van der Waals surface area contributed by atoms with Crippen LogP contribution in [0.4, 0.5) is 0 Å². The van der Waals surface area contributed by atoms with Gasteiger partial charge < -0.3 is 4.74 Å². The van der Waals surface area contributed by atoms with Crippen molar-refractivity contribution in [3.8, 4) is 11.5 Å². The number of benzene rings is 3. The van der Waals surface area contributed by atoms with Gasteiger partial charge in [0.1, 0.15) is 11.5 Å². The van der Waals surface area contributed by atoms with Crippen molar-refractivity contribution in [3.63, 3.8) is 0 Å². The lowest BCUT2D eigenvalue weighted by atomic mass is 9.76. The maximum atomic E-state index is 6.20. The van der Waals surface area contributed by atoms with Gasteiger partial charge in [-0.1, -0.05) is 83.1 Å². The maximum absolute atomic E-state index is 6.20. The zero-order valence-corrected chi connectivity index (χ0v) is 14.3. The van der Waals surface area contributed by atoms with Gasteiger partial charge in [-0.2, -0.15) is 0 Å². The zero-order chi connectivity index (χ0) is 15.9. The molecule has 23 heavy (non-hydrogen) atoms. The van der Waals surface area contributed by atoms with Gasteiger partial charge in [-0.25, -0.2) is 0 Å². The Kier molecular flexibility index (Phi) is 3.47. The van der Waals surface area contributed by atoms with Crippen LogP contribution in [0.25, 0.3) is 0 Å². The summed E-state index contributed by atoms with van der Waals surface area (Å²) in [5, 5.41) is 2.73. The molecule has 0 aromatic heterocycles. The average Bonchev–Trinajstić information content (AvgIpc) is 2.56. The molecule has 0 radical (unpaired) electrons.